The van der Waals surface area contributed by atoms with Crippen LogP contribution in [0, 0.1) is 19.8 Å². The van der Waals surface area contributed by atoms with E-state index < -0.39 is 0 Å². The van der Waals surface area contributed by atoms with Gasteiger partial charge in [0.05, 0.1) is 17.9 Å². The molecule has 3 heterocycles. The summed E-state index contributed by atoms with van der Waals surface area (Å²) in [6.45, 7) is 8.73. The van der Waals surface area contributed by atoms with Crippen molar-refractivity contribution in [2.75, 3.05) is 18.4 Å². The first-order valence-corrected chi connectivity index (χ1v) is 9.17. The van der Waals surface area contributed by atoms with Gasteiger partial charge < -0.3 is 5.32 Å². The Balaban J connectivity index is 1.49. The van der Waals surface area contributed by atoms with E-state index >= 15 is 0 Å². The quantitative estimate of drug-likeness (QED) is 0.895. The molecule has 1 aliphatic heterocycles. The highest BCUT2D eigenvalue weighted by Crippen LogP contribution is 2.23. The van der Waals surface area contributed by atoms with Crippen molar-refractivity contribution >= 4 is 22.4 Å². The molecule has 1 saturated heterocycles. The summed E-state index contributed by atoms with van der Waals surface area (Å²) in [6, 6.07) is -0.137. The number of amides is 1. The molecule has 3 rings (SSSR count). The topological polar surface area (TPSA) is 75.9 Å². The molecule has 2 aromatic rings. The molecule has 2 aromatic heterocycles. The van der Waals surface area contributed by atoms with Gasteiger partial charge in [-0.25, -0.2) is 4.98 Å². The highest BCUT2D eigenvalue weighted by Gasteiger charge is 2.27. The zero-order chi connectivity index (χ0) is 17.1. The van der Waals surface area contributed by atoms with Crippen molar-refractivity contribution in [1.29, 1.82) is 0 Å². The zero-order valence-corrected chi connectivity index (χ0v) is 15.2. The van der Waals surface area contributed by atoms with E-state index in [2.05, 4.69) is 25.5 Å². The first-order chi connectivity index (χ1) is 11.5. The Morgan fingerprint density at radius 3 is 2.75 bits per heavy atom. The van der Waals surface area contributed by atoms with Crippen LogP contribution < -0.4 is 5.32 Å². The summed E-state index contributed by atoms with van der Waals surface area (Å²) in [5, 5.41) is 11.5. The van der Waals surface area contributed by atoms with Crippen molar-refractivity contribution in [2.45, 2.75) is 46.2 Å². The maximum Gasteiger partial charge on any atom is 0.243 e. The van der Waals surface area contributed by atoms with Gasteiger partial charge in [-0.2, -0.15) is 0 Å². The lowest BCUT2D eigenvalue weighted by Gasteiger charge is -2.35. The molecule has 1 aliphatic rings. The van der Waals surface area contributed by atoms with E-state index in [1.165, 1.54) is 11.3 Å². The van der Waals surface area contributed by atoms with Gasteiger partial charge in [0, 0.05) is 17.6 Å². The maximum atomic E-state index is 12.5. The number of carbonyl (C=O) groups excluding carboxylic acids is 1. The summed E-state index contributed by atoms with van der Waals surface area (Å²) in [5.41, 5.74) is 0.983. The third-order valence-electron chi connectivity index (χ3n) is 4.75. The SMILES string of the molecule is Cc1nc(NC(=O)C(C)N2CCC(Cn3ccnn3)CC2)sc1C. The van der Waals surface area contributed by atoms with E-state index in [1.54, 1.807) is 6.20 Å². The van der Waals surface area contributed by atoms with Crippen molar-refractivity contribution in [2.24, 2.45) is 5.92 Å². The van der Waals surface area contributed by atoms with Crippen molar-refractivity contribution in [3.63, 3.8) is 0 Å². The molecule has 0 spiro atoms. The van der Waals surface area contributed by atoms with Crippen LogP contribution in [0.5, 0.6) is 0 Å². The minimum absolute atomic E-state index is 0.0264. The molecule has 7 nitrogen and oxygen atoms in total. The van der Waals surface area contributed by atoms with Gasteiger partial charge in [0.2, 0.25) is 5.91 Å². The van der Waals surface area contributed by atoms with E-state index in [-0.39, 0.29) is 11.9 Å². The third-order valence-corrected chi connectivity index (χ3v) is 5.74. The lowest BCUT2D eigenvalue weighted by Crippen LogP contribution is -2.46. The summed E-state index contributed by atoms with van der Waals surface area (Å²) in [4.78, 5) is 20.2. The van der Waals surface area contributed by atoms with Gasteiger partial charge in [-0.3, -0.25) is 14.4 Å². The molecule has 1 atom stereocenters. The van der Waals surface area contributed by atoms with Crippen LogP contribution in [0.1, 0.15) is 30.3 Å². The molecule has 0 bridgehead atoms. The summed E-state index contributed by atoms with van der Waals surface area (Å²) >= 11 is 1.53. The van der Waals surface area contributed by atoms with E-state index in [9.17, 15) is 4.79 Å². The number of thiazole rings is 1. The van der Waals surface area contributed by atoms with Gasteiger partial charge in [-0.05, 0) is 52.6 Å². The summed E-state index contributed by atoms with van der Waals surface area (Å²) < 4.78 is 1.89. The number of hydrogen-bond acceptors (Lipinski definition) is 6. The standard InChI is InChI=1S/C16H24N6OS/c1-11-13(3)24-16(18-11)19-15(23)12(2)21-7-4-14(5-8-21)10-22-9-6-17-20-22/h6,9,12,14H,4-5,7-8,10H2,1-3H3,(H,18,19,23). The molecule has 130 valence electrons. The van der Waals surface area contributed by atoms with Crippen molar-refractivity contribution < 1.29 is 4.79 Å². The number of nitrogens with zero attached hydrogens (tertiary/aromatic N) is 5. The fourth-order valence-corrected chi connectivity index (χ4v) is 3.84. The Hall–Kier alpha value is -1.80. The van der Waals surface area contributed by atoms with Crippen LogP contribution in [-0.4, -0.2) is 49.9 Å². The van der Waals surface area contributed by atoms with Crippen molar-refractivity contribution in [3.8, 4) is 0 Å². The van der Waals surface area contributed by atoms with Crippen LogP contribution >= 0.6 is 11.3 Å². The average Bonchev–Trinajstić information content (AvgIpc) is 3.18. The minimum Gasteiger partial charge on any atom is -0.301 e. The van der Waals surface area contributed by atoms with Crippen LogP contribution in [0.25, 0.3) is 0 Å². The Morgan fingerprint density at radius 1 is 1.42 bits per heavy atom. The number of aryl methyl sites for hydroxylation is 2. The lowest BCUT2D eigenvalue weighted by molar-refractivity contribution is -0.121. The Labute approximate surface area is 146 Å². The smallest absolute Gasteiger partial charge is 0.243 e. The van der Waals surface area contributed by atoms with Crippen LogP contribution in [0.3, 0.4) is 0 Å². The molecule has 1 N–H and O–H groups in total. The number of carbonyl (C=O) groups is 1. The number of rotatable bonds is 5. The Bertz CT molecular complexity index is 655. The molecule has 1 fully saturated rings. The Morgan fingerprint density at radius 2 is 2.17 bits per heavy atom. The van der Waals surface area contributed by atoms with Crippen molar-refractivity contribution in [1.82, 2.24) is 24.9 Å². The van der Waals surface area contributed by atoms with Crippen LogP contribution in [-0.2, 0) is 11.3 Å². The molecule has 1 unspecified atom stereocenters. The second-order valence-corrected chi connectivity index (χ2v) is 7.63. The first kappa shape index (κ1) is 17.0. The van der Waals surface area contributed by atoms with E-state index in [0.717, 1.165) is 43.0 Å². The number of aromatic nitrogens is 4. The molecule has 0 radical (unpaired) electrons. The zero-order valence-electron chi connectivity index (χ0n) is 14.4. The highest BCUT2D eigenvalue weighted by molar-refractivity contribution is 7.15. The second kappa shape index (κ2) is 7.40. The van der Waals surface area contributed by atoms with Crippen molar-refractivity contribution in [3.05, 3.63) is 23.0 Å². The van der Waals surface area contributed by atoms with E-state index in [4.69, 9.17) is 0 Å². The maximum absolute atomic E-state index is 12.5. The van der Waals surface area contributed by atoms with Gasteiger partial charge in [-0.15, -0.1) is 16.4 Å². The normalized spacial score (nSPS) is 17.8. The predicted molar refractivity (Wildman–Crippen MR) is 94.0 cm³/mol. The first-order valence-electron chi connectivity index (χ1n) is 8.36. The number of nitrogens with one attached hydrogen (secondary N) is 1. The molecular weight excluding hydrogens is 324 g/mol. The van der Waals surface area contributed by atoms with E-state index in [1.807, 2.05) is 31.6 Å². The van der Waals surface area contributed by atoms with Gasteiger partial charge >= 0.3 is 0 Å². The average molecular weight is 348 g/mol. The molecule has 0 saturated carbocycles. The second-order valence-electron chi connectivity index (χ2n) is 6.43. The fourth-order valence-electron chi connectivity index (χ4n) is 3.02. The summed E-state index contributed by atoms with van der Waals surface area (Å²) in [7, 11) is 0. The largest absolute Gasteiger partial charge is 0.301 e. The van der Waals surface area contributed by atoms with Gasteiger partial charge in [-0.1, -0.05) is 5.21 Å². The highest BCUT2D eigenvalue weighted by atomic mass is 32.1. The van der Waals surface area contributed by atoms with Crippen LogP contribution in [0.15, 0.2) is 12.4 Å². The fraction of sp³-hybridized carbons (Fsp3) is 0.625. The number of anilines is 1. The number of hydrogen-bond donors (Lipinski definition) is 1. The monoisotopic (exact) mass is 348 g/mol. The molecule has 0 aromatic carbocycles. The van der Waals surface area contributed by atoms with Crippen LogP contribution in [0.2, 0.25) is 0 Å². The third kappa shape index (κ3) is 3.99. The molecule has 24 heavy (non-hydrogen) atoms. The molecule has 0 aliphatic carbocycles. The molecular formula is C16H24N6OS. The van der Waals surface area contributed by atoms with Gasteiger partial charge in [0.15, 0.2) is 5.13 Å². The van der Waals surface area contributed by atoms with Gasteiger partial charge in [0.25, 0.3) is 0 Å². The lowest BCUT2D eigenvalue weighted by atomic mass is 9.96. The number of likely N-dealkylation sites (tertiary alicyclic amines) is 1. The van der Waals surface area contributed by atoms with E-state index in [0.29, 0.717) is 11.0 Å². The molecule has 8 heteroatoms. The predicted octanol–water partition coefficient (Wildman–Crippen LogP) is 2.09. The number of piperidine rings is 1. The van der Waals surface area contributed by atoms with Crippen LogP contribution in [0.4, 0.5) is 5.13 Å². The van der Waals surface area contributed by atoms with Gasteiger partial charge in [0.1, 0.15) is 0 Å². The summed E-state index contributed by atoms with van der Waals surface area (Å²) in [6.07, 6.45) is 5.77. The minimum atomic E-state index is -0.137. The molecule has 1 amide bonds. The Kier molecular flexibility index (Phi) is 5.25. The summed E-state index contributed by atoms with van der Waals surface area (Å²) in [5.74, 6) is 0.626.